The van der Waals surface area contributed by atoms with Gasteiger partial charge in [-0.1, -0.05) is 22.0 Å². The molecule has 0 aliphatic heterocycles. The van der Waals surface area contributed by atoms with Gasteiger partial charge in [0, 0.05) is 17.2 Å². The lowest BCUT2D eigenvalue weighted by atomic mass is 10.1. The molecule has 0 aromatic heterocycles. The Morgan fingerprint density at radius 2 is 1.89 bits per heavy atom. The molecule has 0 N–H and O–H groups in total. The minimum atomic E-state index is -0.614. The molecule has 2 aromatic carbocycles. The summed E-state index contributed by atoms with van der Waals surface area (Å²) in [5.41, 5.74) is 0.297. The quantitative estimate of drug-likeness (QED) is 0.817. The van der Waals surface area contributed by atoms with Crippen LogP contribution in [-0.4, -0.2) is 13.0 Å². The lowest BCUT2D eigenvalue weighted by Gasteiger charge is -2.17. The Balaban J connectivity index is 2.36. The van der Waals surface area contributed by atoms with Crippen molar-refractivity contribution in [1.29, 1.82) is 0 Å². The van der Waals surface area contributed by atoms with Crippen LogP contribution in [0, 0.1) is 11.6 Å². The molecule has 19 heavy (non-hydrogen) atoms. The zero-order chi connectivity index (χ0) is 14.0. The third kappa shape index (κ3) is 2.98. The lowest BCUT2D eigenvalue weighted by molar-refractivity contribution is 0.0989. The average Bonchev–Trinajstić information content (AvgIpc) is 2.40. The molecular weight excluding hydrogens is 316 g/mol. The zero-order valence-corrected chi connectivity index (χ0v) is 11.6. The van der Waals surface area contributed by atoms with Crippen LogP contribution >= 0.6 is 15.9 Å². The van der Waals surface area contributed by atoms with Crippen LogP contribution < -0.4 is 4.90 Å². The van der Waals surface area contributed by atoms with Crippen LogP contribution in [0.2, 0.25) is 0 Å². The first-order chi connectivity index (χ1) is 8.99. The Bertz CT molecular complexity index is 631. The van der Waals surface area contributed by atoms with E-state index in [0.717, 1.165) is 0 Å². The predicted octanol–water partition coefficient (Wildman–Crippen LogP) is 4.00. The number of nitrogens with zero attached hydrogens (tertiary/aromatic N) is 1. The highest BCUT2D eigenvalue weighted by Crippen LogP contribution is 2.20. The molecule has 0 bridgehead atoms. The van der Waals surface area contributed by atoms with E-state index in [1.165, 1.54) is 48.3 Å². The van der Waals surface area contributed by atoms with Gasteiger partial charge in [0.2, 0.25) is 0 Å². The Morgan fingerprint density at radius 3 is 2.58 bits per heavy atom. The highest BCUT2D eigenvalue weighted by Gasteiger charge is 2.18. The Hall–Kier alpha value is -1.75. The van der Waals surface area contributed by atoms with Crippen LogP contribution in [-0.2, 0) is 0 Å². The van der Waals surface area contributed by atoms with Gasteiger partial charge in [-0.2, -0.15) is 0 Å². The molecule has 0 aliphatic rings. The molecular formula is C14H10BrF2NO. The fraction of sp³-hybridized carbons (Fsp3) is 0.0714. The first-order valence-electron chi connectivity index (χ1n) is 5.47. The molecule has 0 fully saturated rings. The van der Waals surface area contributed by atoms with E-state index in [1.807, 2.05) is 0 Å². The highest BCUT2D eigenvalue weighted by molar-refractivity contribution is 9.10. The van der Waals surface area contributed by atoms with Crippen molar-refractivity contribution in [2.45, 2.75) is 0 Å². The van der Waals surface area contributed by atoms with Gasteiger partial charge in [0.25, 0.3) is 5.91 Å². The van der Waals surface area contributed by atoms with Crippen molar-refractivity contribution in [3.05, 3.63) is 64.1 Å². The maximum atomic E-state index is 13.6. The first-order valence-corrected chi connectivity index (χ1v) is 6.27. The largest absolute Gasteiger partial charge is 0.311 e. The van der Waals surface area contributed by atoms with Crippen LogP contribution in [0.4, 0.5) is 14.5 Å². The van der Waals surface area contributed by atoms with Crippen LogP contribution in [0.15, 0.2) is 46.9 Å². The van der Waals surface area contributed by atoms with Crippen molar-refractivity contribution >= 4 is 27.5 Å². The number of hydrogen-bond acceptors (Lipinski definition) is 1. The van der Waals surface area contributed by atoms with Gasteiger partial charge < -0.3 is 4.90 Å². The Morgan fingerprint density at radius 1 is 1.16 bits per heavy atom. The third-order valence-corrected chi connectivity index (χ3v) is 3.15. The molecule has 5 heteroatoms. The number of carbonyl (C=O) groups is 1. The maximum absolute atomic E-state index is 13.6. The summed E-state index contributed by atoms with van der Waals surface area (Å²) in [4.78, 5) is 13.4. The molecule has 0 spiro atoms. The summed E-state index contributed by atoms with van der Waals surface area (Å²) in [6.07, 6.45) is 0. The van der Waals surface area contributed by atoms with E-state index in [4.69, 9.17) is 0 Å². The summed E-state index contributed by atoms with van der Waals surface area (Å²) in [5.74, 6) is -1.60. The van der Waals surface area contributed by atoms with Crippen LogP contribution in [0.25, 0.3) is 0 Å². The monoisotopic (exact) mass is 325 g/mol. The summed E-state index contributed by atoms with van der Waals surface area (Å²) in [7, 11) is 1.47. The van der Waals surface area contributed by atoms with Gasteiger partial charge in [-0.05, 0) is 36.4 Å². The second-order valence-electron chi connectivity index (χ2n) is 3.97. The van der Waals surface area contributed by atoms with Gasteiger partial charge in [-0.25, -0.2) is 8.78 Å². The summed E-state index contributed by atoms with van der Waals surface area (Å²) in [6.45, 7) is 0. The minimum absolute atomic E-state index is 0.0684. The highest BCUT2D eigenvalue weighted by atomic mass is 79.9. The molecule has 0 aliphatic carbocycles. The first kappa shape index (κ1) is 13.7. The van der Waals surface area contributed by atoms with Crippen LogP contribution in [0.3, 0.4) is 0 Å². The summed E-state index contributed by atoms with van der Waals surface area (Å²) in [6, 6.07) is 9.68. The smallest absolute Gasteiger partial charge is 0.261 e. The SMILES string of the molecule is CN(C(=O)c1cc(Br)ccc1F)c1cccc(F)c1. The van der Waals surface area contributed by atoms with Crippen molar-refractivity contribution in [2.75, 3.05) is 11.9 Å². The van der Waals surface area contributed by atoms with Crippen LogP contribution in [0.5, 0.6) is 0 Å². The van der Waals surface area contributed by atoms with E-state index in [-0.39, 0.29) is 5.56 Å². The molecule has 2 nitrogen and oxygen atoms in total. The number of anilines is 1. The fourth-order valence-corrected chi connectivity index (χ4v) is 2.01. The standard InChI is InChI=1S/C14H10BrF2NO/c1-18(11-4-2-3-10(16)8-11)14(19)12-7-9(15)5-6-13(12)17/h2-8H,1H3. The predicted molar refractivity (Wildman–Crippen MR) is 73.2 cm³/mol. The molecule has 0 atom stereocenters. The second-order valence-corrected chi connectivity index (χ2v) is 4.88. The molecule has 0 heterocycles. The maximum Gasteiger partial charge on any atom is 0.261 e. The van der Waals surface area contributed by atoms with E-state index in [0.29, 0.717) is 10.2 Å². The normalized spacial score (nSPS) is 10.3. The molecule has 2 rings (SSSR count). The van der Waals surface area contributed by atoms with Gasteiger partial charge in [0.15, 0.2) is 0 Å². The van der Waals surface area contributed by atoms with Gasteiger partial charge >= 0.3 is 0 Å². The molecule has 0 saturated carbocycles. The molecule has 2 aromatic rings. The van der Waals surface area contributed by atoms with Crippen molar-refractivity contribution in [2.24, 2.45) is 0 Å². The van der Waals surface area contributed by atoms with Gasteiger partial charge in [-0.15, -0.1) is 0 Å². The number of benzene rings is 2. The number of halogens is 3. The molecule has 1 amide bonds. The van der Waals surface area contributed by atoms with E-state index in [1.54, 1.807) is 6.07 Å². The van der Waals surface area contributed by atoms with E-state index >= 15 is 0 Å². The number of rotatable bonds is 2. The van der Waals surface area contributed by atoms with Crippen molar-refractivity contribution in [3.8, 4) is 0 Å². The summed E-state index contributed by atoms with van der Waals surface area (Å²) >= 11 is 3.18. The summed E-state index contributed by atoms with van der Waals surface area (Å²) in [5, 5.41) is 0. The Kier molecular flexibility index (Phi) is 3.95. The fourth-order valence-electron chi connectivity index (χ4n) is 1.64. The molecule has 98 valence electrons. The zero-order valence-electron chi connectivity index (χ0n) is 10.0. The van der Waals surface area contributed by atoms with E-state index in [9.17, 15) is 13.6 Å². The van der Waals surface area contributed by atoms with Gasteiger partial charge in [0.1, 0.15) is 11.6 Å². The minimum Gasteiger partial charge on any atom is -0.311 e. The number of carbonyl (C=O) groups excluding carboxylic acids is 1. The Labute approximate surface area is 117 Å². The van der Waals surface area contributed by atoms with Crippen molar-refractivity contribution in [1.82, 2.24) is 0 Å². The second kappa shape index (κ2) is 5.48. The van der Waals surface area contributed by atoms with Crippen molar-refractivity contribution < 1.29 is 13.6 Å². The van der Waals surface area contributed by atoms with Crippen LogP contribution in [0.1, 0.15) is 10.4 Å². The van der Waals surface area contributed by atoms with E-state index in [2.05, 4.69) is 15.9 Å². The molecule has 0 saturated heterocycles. The molecule has 0 unspecified atom stereocenters. The average molecular weight is 326 g/mol. The summed E-state index contributed by atoms with van der Waals surface area (Å²) < 4.78 is 27.4. The van der Waals surface area contributed by atoms with Gasteiger partial charge in [-0.3, -0.25) is 4.79 Å². The van der Waals surface area contributed by atoms with Crippen molar-refractivity contribution in [3.63, 3.8) is 0 Å². The lowest BCUT2D eigenvalue weighted by Crippen LogP contribution is -2.27. The number of hydrogen-bond donors (Lipinski definition) is 0. The third-order valence-electron chi connectivity index (χ3n) is 2.66. The molecule has 0 radical (unpaired) electrons. The number of amides is 1. The van der Waals surface area contributed by atoms with E-state index < -0.39 is 17.5 Å². The van der Waals surface area contributed by atoms with Gasteiger partial charge in [0.05, 0.1) is 5.56 Å². The topological polar surface area (TPSA) is 20.3 Å².